The van der Waals surface area contributed by atoms with E-state index in [1.165, 1.54) is 88.4 Å². The number of nitrogens with one attached hydrogen (secondary N) is 2. The normalized spacial score (nSPS) is 17.9. The first-order valence-corrected chi connectivity index (χ1v) is 49.4. The molecule has 0 atom stereocenters. The summed E-state index contributed by atoms with van der Waals surface area (Å²) in [6.07, 6.45) is -19.0. The third kappa shape index (κ3) is 30.7. The number of nitrogens with two attached hydrogens (primary N) is 3. The van der Waals surface area contributed by atoms with Crippen molar-refractivity contribution in [3.8, 4) is 17.2 Å². The molecular formula is C92H111F16LiN12O23S3. The predicted molar refractivity (Wildman–Crippen MR) is 490 cm³/mol. The van der Waals surface area contributed by atoms with Gasteiger partial charge in [-0.15, -0.1) is 39.5 Å². The number of aliphatic hydroxyl groups excluding tert-OH is 4. The third-order valence-electron chi connectivity index (χ3n) is 25.5. The van der Waals surface area contributed by atoms with E-state index in [4.69, 9.17) is 27.4 Å². The molecule has 7 aliphatic rings. The van der Waals surface area contributed by atoms with E-state index < -0.39 is 216 Å². The summed E-state index contributed by atoms with van der Waals surface area (Å²) >= 11 is 0. The van der Waals surface area contributed by atoms with Crippen LogP contribution in [0, 0.1) is 47.4 Å². The van der Waals surface area contributed by atoms with Gasteiger partial charge in [-0.1, -0.05) is 18.2 Å². The van der Waals surface area contributed by atoms with E-state index in [2.05, 4.69) is 29.8 Å². The number of alkyl halides is 15. The number of piperidine rings is 6. The third-order valence-corrected chi connectivity index (χ3v) is 31.3. The molecule has 6 saturated heterocycles. The molecule has 55 heteroatoms. The van der Waals surface area contributed by atoms with Crippen molar-refractivity contribution >= 4 is 83.2 Å². The number of ether oxygens (including phenoxy) is 3. The fourth-order valence-corrected chi connectivity index (χ4v) is 21.3. The Hall–Kier alpha value is -10.9. The number of primary amides is 2. The number of hydrogen-bond acceptors (Lipinski definition) is 24. The number of aliphatic hydroxyl groups is 4. The number of amides is 7. The van der Waals surface area contributed by atoms with E-state index in [1.807, 2.05) is 0 Å². The summed E-state index contributed by atoms with van der Waals surface area (Å²) in [6, 6.07) is 19.5. The molecule has 147 heavy (non-hydrogen) atoms. The second kappa shape index (κ2) is 48.8. The van der Waals surface area contributed by atoms with E-state index in [0.29, 0.717) is 131 Å². The Balaban J connectivity index is 0.000000277. The predicted octanol–water partition coefficient (Wildman–Crippen LogP) is 6.58. The molecule has 0 saturated carbocycles. The fraction of sp³-hybridized carbons (Fsp3) is 0.511. The zero-order chi connectivity index (χ0) is 108. The van der Waals surface area contributed by atoms with Crippen LogP contribution in [0.2, 0.25) is 0 Å². The van der Waals surface area contributed by atoms with Crippen molar-refractivity contribution in [2.45, 2.75) is 215 Å². The van der Waals surface area contributed by atoms with Crippen LogP contribution in [-0.4, -0.2) is 292 Å². The number of amidine groups is 1. The number of carbonyl (C=O) groups is 8. The Labute approximate surface area is 846 Å². The van der Waals surface area contributed by atoms with Crippen LogP contribution in [0.3, 0.4) is 0 Å². The van der Waals surface area contributed by atoms with Crippen molar-refractivity contribution in [2.75, 3.05) is 85.1 Å². The minimum absolute atomic E-state index is 0. The number of rotatable bonds is 24. The molecule has 35 nitrogen and oxygen atoms in total. The van der Waals surface area contributed by atoms with Crippen molar-refractivity contribution in [3.63, 3.8) is 0 Å². The number of aromatic carboxylic acids is 1. The van der Waals surface area contributed by atoms with Gasteiger partial charge in [0, 0.05) is 113 Å². The topological polar surface area (TPSA) is 532 Å². The quantitative estimate of drug-likeness (QED) is 0.0226. The molecule has 1 spiro atoms. The molecule has 0 aliphatic carbocycles. The largest absolute Gasteiger partial charge is 1.00 e. The average Bonchev–Trinajstić information content (AvgIpc) is 1.73. The molecule has 0 aromatic heterocycles. The zero-order valence-electron chi connectivity index (χ0n) is 80.6. The molecule has 6 aromatic carbocycles. The summed E-state index contributed by atoms with van der Waals surface area (Å²) in [4.78, 5) is 108. The van der Waals surface area contributed by atoms with E-state index in [1.54, 1.807) is 35.5 Å². The van der Waals surface area contributed by atoms with Gasteiger partial charge in [-0.3, -0.25) is 38.6 Å². The number of aryl methyl sites for hydroxylation is 6. The van der Waals surface area contributed by atoms with Gasteiger partial charge in [0.25, 0.3) is 59.6 Å². The molecule has 0 radical (unpaired) electrons. The molecule has 6 fully saturated rings. The fourth-order valence-electron chi connectivity index (χ4n) is 17.2. The number of carboxylic acids is 1. The summed E-state index contributed by atoms with van der Waals surface area (Å²) in [5.41, 5.74) is 14.2. The maximum absolute atomic E-state index is 15.6. The smallest absolute Gasteiger partial charge is 0.870 e. The number of nitrogens with zero attached hydrogens (tertiary/aromatic N) is 7. The Morgan fingerprint density at radius 2 is 0.776 bits per heavy atom. The van der Waals surface area contributed by atoms with Gasteiger partial charge in [0.05, 0.1) is 48.7 Å². The van der Waals surface area contributed by atoms with E-state index in [0.717, 1.165) is 30.3 Å². The van der Waals surface area contributed by atoms with Crippen LogP contribution in [0.15, 0.2) is 108 Å². The van der Waals surface area contributed by atoms with Crippen LogP contribution >= 0.6 is 0 Å². The molecule has 7 heterocycles. The van der Waals surface area contributed by atoms with Gasteiger partial charge in [-0.2, -0.15) is 39.3 Å². The maximum atomic E-state index is 15.6. The van der Waals surface area contributed by atoms with Crippen LogP contribution in [0.4, 0.5) is 70.2 Å². The molecule has 7 amide bonds. The molecule has 13 rings (SSSR count). The second-order valence-electron chi connectivity index (χ2n) is 35.8. The molecule has 0 unspecified atom stereocenters. The number of carbonyl (C=O) groups excluding carboxylic acids is 7. The summed E-state index contributed by atoms with van der Waals surface area (Å²) in [5.74, 6) is -9.79. The minimum Gasteiger partial charge on any atom is -0.870 e. The van der Waals surface area contributed by atoms with Gasteiger partial charge in [-0.25, -0.2) is 34.4 Å². The van der Waals surface area contributed by atoms with Crippen LogP contribution in [0.25, 0.3) is 0 Å². The SMILES string of the molecule is CCO.Cc1cc(C(=O)N2CCC(O)CC2)cc(C)c1CC(F)(F)S(=O)(=O)N1CCC(N)(C(N)=O)CC1.Cc1cc(C(=O)N2CCC(O)CC2)cc(C)c1CC(F)(F)S(=O)(=O)N1CCC(NC(=O)c2ccc(F)c(OC(F)(F)F)c2)(C(N)=O)CC1.Cc1cc(C(=O)N2CCC(O)CC2)cc(C)c1CC(F)(F)S(=O)(=O)N1CCC2(CC1)N=C(c1cccc(OC(F)(F)F)c1)NC2=O.O=C(O)c1cccc(OC(F)(F)F)c1.[Li+].[OH-]. The Morgan fingerprint density at radius 3 is 1.10 bits per heavy atom. The average molecular weight is 2160 g/mol. The number of likely N-dealkylation sites (tertiary alicyclic amines) is 3. The van der Waals surface area contributed by atoms with Crippen molar-refractivity contribution < 1.29 is 198 Å². The van der Waals surface area contributed by atoms with Crippen molar-refractivity contribution in [3.05, 3.63) is 192 Å². The monoisotopic (exact) mass is 2160 g/mol. The number of carboxylic acid groups (broad SMARTS) is 1. The molecule has 0 bridgehead atoms. The Kier molecular flexibility index (Phi) is 40.9. The van der Waals surface area contributed by atoms with Crippen molar-refractivity contribution in [1.29, 1.82) is 0 Å². The minimum atomic E-state index is -5.35. The van der Waals surface area contributed by atoms with Crippen molar-refractivity contribution in [2.24, 2.45) is 22.2 Å². The number of aliphatic imine (C=N–C) groups is 1. The van der Waals surface area contributed by atoms with E-state index in [-0.39, 0.29) is 143 Å². The number of sulfonamides is 3. The molecule has 14 N–H and O–H groups in total. The Morgan fingerprint density at radius 1 is 0.456 bits per heavy atom. The number of halogens is 16. The van der Waals surface area contributed by atoms with Gasteiger partial charge in [0.15, 0.2) is 11.6 Å². The van der Waals surface area contributed by atoms with Gasteiger partial charge >= 0.3 is 59.7 Å². The Bertz CT molecular complexity index is 6100. The first-order chi connectivity index (χ1) is 67.0. The summed E-state index contributed by atoms with van der Waals surface area (Å²) in [6.45, 7) is 10.4. The summed E-state index contributed by atoms with van der Waals surface area (Å²) in [7, 11) is -15.6. The zero-order valence-corrected chi connectivity index (χ0v) is 83.1. The summed E-state index contributed by atoms with van der Waals surface area (Å²) in [5, 5.41) is 37.2. The maximum Gasteiger partial charge on any atom is 1.00 e. The molecular weight excluding hydrogens is 2050 g/mol. The van der Waals surface area contributed by atoms with E-state index in [9.17, 15) is 123 Å². The van der Waals surface area contributed by atoms with Gasteiger partial charge < -0.3 is 87.8 Å². The number of benzene rings is 6. The first kappa shape index (κ1) is 123. The second-order valence-corrected chi connectivity index (χ2v) is 42.0. The van der Waals surface area contributed by atoms with Crippen LogP contribution in [0.1, 0.15) is 191 Å². The van der Waals surface area contributed by atoms with Crippen molar-refractivity contribution in [1.82, 2.24) is 38.2 Å². The first-order valence-electron chi connectivity index (χ1n) is 45.1. The standard InChI is InChI=1S/C30H34F6N4O7S.C30H33F5N4O6S.C22H32F2N4O5S.C8H5F3O3.C2H6O.Li.H2O/c1-17-13-20(26(43)39-9-5-21(41)6-10-39)14-18(2)22(17)16-29(32,33)48(45,46)40-11-7-28(8-12-40,27(37)44)38-25(42)19-3-4-23(31)24(15-19)47-30(34,35)36;1-18-14-21(26(41)38-10-6-22(40)7-11-38)15-19(2)24(18)17-29(31,32)46(43,44)39-12-8-28(9-13-39)27(42)36-25(37-28)20-4-3-5-23(16-20)45-30(33,34)35;1-14-11-16(19(30)27-7-3-17(29)4-8-27)12-15(2)18(14)13-22(23,24)34(32,33)28-9-5-21(26,6-10-28)20(25)31;9-8(10,11)14-6-3-1-2-5(4-6)7(12)13;1-2-3;;/h3-4,13-15,21,41H,5-12,16H2,1-2H3,(H2,37,44)(H,38,42);3-5,14-16,22,40H,6-13,17H2,1-2H3,(H,36,37,42);11-12,17,29H,3-10,13,26H2,1-2H3,(H2,25,31);1-4H,(H,12,13);3H,2H2,1H3;;1H2/q;;;;;+1;/p-1. The van der Waals surface area contributed by atoms with Gasteiger partial charge in [0.2, 0.25) is 11.8 Å². The van der Waals surface area contributed by atoms with E-state index >= 15 is 26.3 Å². The van der Waals surface area contributed by atoms with Crippen LogP contribution < -0.4 is 60.9 Å². The number of hydrogen-bond donors (Lipinski definition) is 10. The summed E-state index contributed by atoms with van der Waals surface area (Å²) < 4.78 is 308. The van der Waals surface area contributed by atoms with Crippen LogP contribution in [-0.2, 0) is 63.7 Å². The molecule has 7 aliphatic heterocycles. The van der Waals surface area contributed by atoms with Gasteiger partial charge in [-0.05, 0) is 261 Å². The molecule has 6 aromatic rings. The van der Waals surface area contributed by atoms with Gasteiger partial charge in [0.1, 0.15) is 28.4 Å². The van der Waals surface area contributed by atoms with Crippen LogP contribution in [0.5, 0.6) is 17.2 Å². The molecule has 808 valence electrons.